The first kappa shape index (κ1) is 30.8. The van der Waals surface area contributed by atoms with Crippen LogP contribution < -0.4 is 16.8 Å². The van der Waals surface area contributed by atoms with Crippen LogP contribution in [0.15, 0.2) is 53.3 Å². The number of ether oxygens (including phenoxy) is 1. The third-order valence-corrected chi connectivity index (χ3v) is 4.50. The van der Waals surface area contributed by atoms with Crippen LogP contribution in [0.1, 0.15) is 50.4 Å². The molecule has 2 amide bonds. The van der Waals surface area contributed by atoms with Crippen molar-refractivity contribution < 1.29 is 28.6 Å². The van der Waals surface area contributed by atoms with Crippen LogP contribution in [-0.2, 0) is 9.53 Å². The molecule has 0 saturated carbocycles. The molecule has 0 aliphatic heterocycles. The van der Waals surface area contributed by atoms with Crippen molar-refractivity contribution in [2.45, 2.75) is 19.8 Å². The Kier molecular flexibility index (Phi) is 13.6. The Labute approximate surface area is 220 Å². The topological polar surface area (TPSA) is 171 Å². The van der Waals surface area contributed by atoms with E-state index in [4.69, 9.17) is 21.0 Å². The maximum absolute atomic E-state index is 12.2. The molecule has 0 unspecified atom stereocenters. The highest BCUT2D eigenvalue weighted by atomic mass is 32.1. The van der Waals surface area contributed by atoms with Gasteiger partial charge < -0.3 is 31.0 Å². The zero-order valence-corrected chi connectivity index (χ0v) is 21.7. The van der Waals surface area contributed by atoms with E-state index in [2.05, 4.69) is 39.5 Å². The molecule has 0 aliphatic rings. The standard InChI is InChI=1S/C20H16N4O3.C5H10O3.CH4S/c1-12-7-8-27-17(12)20(26)24-16-4-2-3-13(9-16)5-6-14-10-15(19(22)25)11-23-18(14)21;1-8-5(7)3-2-4-6;1-2/h2-4,7-11H,1H3,(H2,21,23)(H2,22,25)(H,24,26);6H,2-4H2,1H3;2H,1H3. The second kappa shape index (κ2) is 16.4. The second-order valence-electron chi connectivity index (χ2n) is 7.14. The summed E-state index contributed by atoms with van der Waals surface area (Å²) < 4.78 is 9.48. The summed E-state index contributed by atoms with van der Waals surface area (Å²) >= 11 is 3.53. The summed E-state index contributed by atoms with van der Waals surface area (Å²) in [4.78, 5) is 37.6. The van der Waals surface area contributed by atoms with Gasteiger partial charge in [0.2, 0.25) is 5.91 Å². The quantitative estimate of drug-likeness (QED) is 0.185. The van der Waals surface area contributed by atoms with E-state index >= 15 is 0 Å². The summed E-state index contributed by atoms with van der Waals surface area (Å²) in [7, 11) is 1.33. The highest BCUT2D eigenvalue weighted by Gasteiger charge is 2.12. The number of nitrogens with zero attached hydrogens (tertiary/aromatic N) is 1. The normalized spacial score (nSPS) is 9.32. The molecule has 0 fully saturated rings. The van der Waals surface area contributed by atoms with Gasteiger partial charge in [0, 0.05) is 36.0 Å². The maximum Gasteiger partial charge on any atom is 0.305 e. The number of carbonyl (C=O) groups is 3. The zero-order chi connectivity index (χ0) is 27.8. The number of aromatic nitrogens is 1. The minimum atomic E-state index is -0.608. The van der Waals surface area contributed by atoms with Crippen molar-refractivity contribution in [3.63, 3.8) is 0 Å². The number of aliphatic hydroxyl groups is 1. The lowest BCUT2D eigenvalue weighted by Gasteiger charge is -2.04. The van der Waals surface area contributed by atoms with Crippen molar-refractivity contribution in [2.24, 2.45) is 5.73 Å². The van der Waals surface area contributed by atoms with E-state index in [0.29, 0.717) is 29.7 Å². The van der Waals surface area contributed by atoms with E-state index in [9.17, 15) is 14.4 Å². The first-order valence-electron chi connectivity index (χ1n) is 10.9. The lowest BCUT2D eigenvalue weighted by molar-refractivity contribution is -0.140. The highest BCUT2D eigenvalue weighted by molar-refractivity contribution is 7.79. The summed E-state index contributed by atoms with van der Waals surface area (Å²) in [6.45, 7) is 1.84. The number of amides is 2. The van der Waals surface area contributed by atoms with Crippen LogP contribution >= 0.6 is 12.6 Å². The molecule has 1 aromatic carbocycles. The van der Waals surface area contributed by atoms with Crippen LogP contribution in [0.3, 0.4) is 0 Å². The number of anilines is 2. The molecule has 0 aliphatic carbocycles. The van der Waals surface area contributed by atoms with E-state index in [1.807, 2.05) is 0 Å². The number of rotatable bonds is 6. The molecule has 2 aromatic heterocycles. The third-order valence-electron chi connectivity index (χ3n) is 4.50. The minimum absolute atomic E-state index is 0.0507. The Balaban J connectivity index is 0.000000586. The zero-order valence-electron chi connectivity index (χ0n) is 20.8. The van der Waals surface area contributed by atoms with Crippen molar-refractivity contribution in [3.05, 3.63) is 76.9 Å². The van der Waals surface area contributed by atoms with Crippen molar-refractivity contribution in [1.82, 2.24) is 4.98 Å². The van der Waals surface area contributed by atoms with Crippen LogP contribution in [0.5, 0.6) is 0 Å². The number of pyridine rings is 1. The Morgan fingerprint density at radius 2 is 1.92 bits per heavy atom. The Hall–Kier alpha value is -4.27. The second-order valence-corrected chi connectivity index (χ2v) is 7.14. The van der Waals surface area contributed by atoms with Crippen LogP contribution in [0.25, 0.3) is 0 Å². The summed E-state index contributed by atoms with van der Waals surface area (Å²) in [6, 6.07) is 10.2. The molecular weight excluding hydrogens is 496 g/mol. The molecule has 0 bridgehead atoms. The number of primary amides is 1. The molecule has 6 N–H and O–H groups in total. The largest absolute Gasteiger partial charge is 0.469 e. The van der Waals surface area contributed by atoms with Gasteiger partial charge in [0.1, 0.15) is 5.82 Å². The monoisotopic (exact) mass is 526 g/mol. The van der Waals surface area contributed by atoms with Crippen LogP contribution in [-0.4, -0.2) is 47.8 Å². The molecule has 10 nitrogen and oxygen atoms in total. The number of methoxy groups -OCH3 is 1. The first-order chi connectivity index (χ1) is 17.7. The molecule has 3 aromatic rings. The third kappa shape index (κ3) is 10.5. The van der Waals surface area contributed by atoms with Gasteiger partial charge in [-0.25, -0.2) is 4.98 Å². The lowest BCUT2D eigenvalue weighted by Crippen LogP contribution is -2.12. The number of hydrogen-bond donors (Lipinski definition) is 5. The molecule has 0 atom stereocenters. The number of carbonyl (C=O) groups excluding carboxylic acids is 3. The van der Waals surface area contributed by atoms with Gasteiger partial charge in [-0.15, -0.1) is 0 Å². The van der Waals surface area contributed by atoms with Gasteiger partial charge in [0.15, 0.2) is 5.76 Å². The molecule has 11 heteroatoms. The van der Waals surface area contributed by atoms with E-state index in [1.54, 1.807) is 43.5 Å². The molecule has 0 radical (unpaired) electrons. The molecule has 0 saturated heterocycles. The number of nitrogen functional groups attached to an aromatic ring is 1. The predicted molar refractivity (Wildman–Crippen MR) is 144 cm³/mol. The fourth-order valence-corrected chi connectivity index (χ4v) is 2.64. The first-order valence-corrected chi connectivity index (χ1v) is 11.8. The smallest absolute Gasteiger partial charge is 0.305 e. The average Bonchev–Trinajstić information content (AvgIpc) is 3.34. The number of furan rings is 1. The molecular formula is C26H30N4O6S. The highest BCUT2D eigenvalue weighted by Crippen LogP contribution is 2.15. The summed E-state index contributed by atoms with van der Waals surface area (Å²) in [6.07, 6.45) is 5.26. The summed E-state index contributed by atoms with van der Waals surface area (Å²) in [5.41, 5.74) is 13.6. The van der Waals surface area contributed by atoms with Crippen molar-refractivity contribution in [3.8, 4) is 11.8 Å². The Bertz CT molecular complexity index is 1260. The van der Waals surface area contributed by atoms with E-state index in [0.717, 1.165) is 5.56 Å². The van der Waals surface area contributed by atoms with Crippen LogP contribution in [0, 0.1) is 18.8 Å². The molecule has 0 spiro atoms. The van der Waals surface area contributed by atoms with Crippen LogP contribution in [0.4, 0.5) is 11.5 Å². The average molecular weight is 527 g/mol. The van der Waals surface area contributed by atoms with Gasteiger partial charge in [-0.1, -0.05) is 17.9 Å². The Morgan fingerprint density at radius 1 is 1.19 bits per heavy atom. The Morgan fingerprint density at radius 3 is 2.51 bits per heavy atom. The van der Waals surface area contributed by atoms with E-state index in [1.165, 1.54) is 25.6 Å². The van der Waals surface area contributed by atoms with Gasteiger partial charge in [-0.05, 0) is 49.9 Å². The number of aliphatic hydroxyl groups excluding tert-OH is 1. The van der Waals surface area contributed by atoms with Gasteiger partial charge in [0.25, 0.3) is 5.91 Å². The molecule has 37 heavy (non-hydrogen) atoms. The molecule has 3 rings (SSSR count). The number of nitrogens with one attached hydrogen (secondary N) is 1. The van der Waals surface area contributed by atoms with Gasteiger partial charge in [0.05, 0.1) is 24.5 Å². The molecule has 2 heterocycles. The van der Waals surface area contributed by atoms with Gasteiger partial charge in [-0.2, -0.15) is 12.6 Å². The lowest BCUT2D eigenvalue weighted by atomic mass is 10.1. The number of esters is 1. The van der Waals surface area contributed by atoms with Gasteiger partial charge >= 0.3 is 5.97 Å². The van der Waals surface area contributed by atoms with Crippen molar-refractivity contribution in [2.75, 3.05) is 31.0 Å². The number of nitrogens with two attached hydrogens (primary N) is 2. The van der Waals surface area contributed by atoms with Gasteiger partial charge in [-0.3, -0.25) is 14.4 Å². The van der Waals surface area contributed by atoms with Crippen LogP contribution in [0.2, 0.25) is 0 Å². The fourth-order valence-electron chi connectivity index (χ4n) is 2.64. The van der Waals surface area contributed by atoms with Crippen molar-refractivity contribution >= 4 is 41.9 Å². The number of thiol groups is 1. The van der Waals surface area contributed by atoms with E-state index in [-0.39, 0.29) is 35.6 Å². The number of hydrogen-bond acceptors (Lipinski definition) is 9. The molecule has 196 valence electrons. The summed E-state index contributed by atoms with van der Waals surface area (Å²) in [5, 5.41) is 11.0. The number of aryl methyl sites for hydroxylation is 1. The number of benzene rings is 1. The summed E-state index contributed by atoms with van der Waals surface area (Å²) in [5.74, 6) is 5.04. The van der Waals surface area contributed by atoms with E-state index < -0.39 is 5.91 Å². The SMILES string of the molecule is COC(=O)CCCO.CS.Cc1ccoc1C(=O)Nc1cccc(C#Cc2cc(C(N)=O)cnc2N)c1. The maximum atomic E-state index is 12.2. The minimum Gasteiger partial charge on any atom is -0.469 e. The predicted octanol–water partition coefficient (Wildman–Crippen LogP) is 2.79. The van der Waals surface area contributed by atoms with Crippen molar-refractivity contribution in [1.29, 1.82) is 0 Å². The fraction of sp³-hybridized carbons (Fsp3) is 0.231.